The number of aromatic nitrogens is 4. The molecule has 192 valence electrons. The SMILES string of the molecule is NC[C@]1(COP(=O)(O)OP(=O)(O)OP(=O)(O)O)OCC(F)(n2cnc3c(=O)[nH]c(N)nc32)[C@@H]1O. The van der Waals surface area contributed by atoms with Crippen molar-refractivity contribution in [2.45, 2.75) is 17.5 Å². The van der Waals surface area contributed by atoms with Crippen LogP contribution in [-0.2, 0) is 37.4 Å². The molecule has 1 aliphatic rings. The first kappa shape index (κ1) is 27.0. The van der Waals surface area contributed by atoms with Crippen LogP contribution in [0.4, 0.5) is 10.3 Å². The third-order valence-electron chi connectivity index (χ3n) is 4.54. The quantitative estimate of drug-likeness (QED) is 0.152. The van der Waals surface area contributed by atoms with Gasteiger partial charge in [-0.2, -0.15) is 13.6 Å². The van der Waals surface area contributed by atoms with Crippen molar-refractivity contribution < 1.29 is 60.6 Å². The summed E-state index contributed by atoms with van der Waals surface area (Å²) in [6, 6.07) is 0. The van der Waals surface area contributed by atoms with Gasteiger partial charge in [0.15, 0.2) is 11.2 Å². The van der Waals surface area contributed by atoms with Crippen molar-refractivity contribution in [2.75, 3.05) is 25.5 Å². The highest BCUT2D eigenvalue weighted by molar-refractivity contribution is 7.66. The van der Waals surface area contributed by atoms with Crippen LogP contribution in [0.15, 0.2) is 11.1 Å². The Morgan fingerprint density at radius 1 is 1.26 bits per heavy atom. The number of hydrogen-bond acceptors (Lipinski definition) is 13. The fraction of sp³-hybridized carbons (Fsp3) is 0.545. The first-order valence-corrected chi connectivity index (χ1v) is 13.2. The summed E-state index contributed by atoms with van der Waals surface area (Å²) in [6.07, 6.45) is -1.47. The predicted molar refractivity (Wildman–Crippen MR) is 105 cm³/mol. The molecule has 1 fully saturated rings. The van der Waals surface area contributed by atoms with Crippen molar-refractivity contribution in [1.82, 2.24) is 19.5 Å². The van der Waals surface area contributed by atoms with Crippen molar-refractivity contribution in [3.05, 3.63) is 16.7 Å². The van der Waals surface area contributed by atoms with Crippen LogP contribution in [0.2, 0.25) is 0 Å². The molecule has 3 unspecified atom stereocenters. The first-order chi connectivity index (χ1) is 15.4. The molecule has 23 heteroatoms. The fourth-order valence-electron chi connectivity index (χ4n) is 3.05. The number of phosphoric acid groups is 3. The first-order valence-electron chi connectivity index (χ1n) is 8.66. The van der Waals surface area contributed by atoms with Gasteiger partial charge in [0.2, 0.25) is 11.7 Å². The Hall–Kier alpha value is -1.63. The van der Waals surface area contributed by atoms with Crippen LogP contribution in [0.3, 0.4) is 0 Å². The zero-order valence-corrected chi connectivity index (χ0v) is 19.2. The summed E-state index contributed by atoms with van der Waals surface area (Å²) in [6.45, 7) is -2.95. The second-order valence-corrected chi connectivity index (χ2v) is 11.3. The Labute approximate surface area is 186 Å². The summed E-state index contributed by atoms with van der Waals surface area (Å²) in [7, 11) is -17.1. The van der Waals surface area contributed by atoms with Gasteiger partial charge < -0.3 is 40.9 Å². The maximum absolute atomic E-state index is 15.9. The number of ether oxygens (including phenoxy) is 1. The van der Waals surface area contributed by atoms with Crippen molar-refractivity contribution in [1.29, 1.82) is 0 Å². The number of nitrogens with zero attached hydrogens (tertiary/aromatic N) is 3. The zero-order chi connectivity index (χ0) is 25.7. The number of aliphatic hydroxyl groups excluding tert-OH is 1. The summed E-state index contributed by atoms with van der Waals surface area (Å²) in [4.78, 5) is 57.4. The summed E-state index contributed by atoms with van der Waals surface area (Å²) in [5.41, 5.74) is 7.19. The van der Waals surface area contributed by atoms with E-state index in [0.717, 1.165) is 6.33 Å². The molecule has 0 saturated carbocycles. The van der Waals surface area contributed by atoms with E-state index in [9.17, 15) is 33.4 Å². The number of aromatic amines is 1. The third-order valence-corrected chi connectivity index (χ3v) is 8.32. The number of fused-ring (bicyclic) bond motifs is 1. The second-order valence-electron chi connectivity index (χ2n) is 6.88. The van der Waals surface area contributed by atoms with E-state index in [1.54, 1.807) is 0 Å². The molecule has 0 aromatic carbocycles. The molecule has 2 aromatic heterocycles. The molecule has 0 aliphatic carbocycles. The van der Waals surface area contributed by atoms with Gasteiger partial charge in [0.25, 0.3) is 5.56 Å². The number of nitrogens with one attached hydrogen (secondary N) is 1. The van der Waals surface area contributed by atoms with E-state index in [0.29, 0.717) is 4.57 Å². The molecular formula is C11H18FN6O13P3. The van der Waals surface area contributed by atoms with E-state index in [1.165, 1.54) is 0 Å². The van der Waals surface area contributed by atoms with Crippen LogP contribution in [0.25, 0.3) is 11.2 Å². The average molecular weight is 554 g/mol. The highest BCUT2D eigenvalue weighted by atomic mass is 31.3. The van der Waals surface area contributed by atoms with Gasteiger partial charge in [-0.1, -0.05) is 0 Å². The lowest BCUT2D eigenvalue weighted by molar-refractivity contribution is -0.0981. The van der Waals surface area contributed by atoms with Crippen LogP contribution in [0, 0.1) is 0 Å². The van der Waals surface area contributed by atoms with Gasteiger partial charge in [0, 0.05) is 6.54 Å². The van der Waals surface area contributed by atoms with Gasteiger partial charge in [0.1, 0.15) is 24.6 Å². The lowest BCUT2D eigenvalue weighted by Gasteiger charge is -2.33. The number of anilines is 1. The van der Waals surface area contributed by atoms with E-state index in [4.69, 9.17) is 26.0 Å². The normalized spacial score (nSPS) is 29.2. The van der Waals surface area contributed by atoms with Gasteiger partial charge in [-0.05, 0) is 0 Å². The minimum absolute atomic E-state index is 0.336. The molecule has 3 rings (SSSR count). The minimum Gasteiger partial charge on any atom is -0.384 e. The lowest BCUT2D eigenvalue weighted by atomic mass is 9.93. The number of H-pyrrole nitrogens is 1. The largest absolute Gasteiger partial charge is 0.490 e. The van der Waals surface area contributed by atoms with E-state index in [-0.39, 0.29) is 11.2 Å². The number of nitrogen functional groups attached to an aromatic ring is 1. The summed E-state index contributed by atoms with van der Waals surface area (Å²) in [5.74, 6) is -3.31. The topological polar surface area (TPSA) is 305 Å². The number of rotatable bonds is 9. The monoisotopic (exact) mass is 554 g/mol. The molecule has 0 bridgehead atoms. The summed E-state index contributed by atoms with van der Waals surface area (Å²) < 4.78 is 67.4. The van der Waals surface area contributed by atoms with Gasteiger partial charge in [-0.3, -0.25) is 18.9 Å². The number of nitrogens with two attached hydrogens (primary N) is 2. The zero-order valence-electron chi connectivity index (χ0n) is 16.5. The molecule has 1 saturated heterocycles. The lowest BCUT2D eigenvalue weighted by Crippen LogP contribution is -2.55. The number of hydrogen-bond donors (Lipinski definition) is 8. The molecule has 1 aliphatic heterocycles. The van der Waals surface area contributed by atoms with Crippen molar-refractivity contribution in [3.63, 3.8) is 0 Å². The smallest absolute Gasteiger partial charge is 0.384 e. The van der Waals surface area contributed by atoms with E-state index in [2.05, 4.69) is 28.1 Å². The van der Waals surface area contributed by atoms with Crippen LogP contribution >= 0.6 is 23.5 Å². The number of aliphatic hydroxyl groups is 1. The number of alkyl halides is 1. The van der Waals surface area contributed by atoms with E-state index < -0.39 is 72.2 Å². The highest BCUT2D eigenvalue weighted by Crippen LogP contribution is 2.66. The second kappa shape index (κ2) is 8.79. The molecule has 19 nitrogen and oxygen atoms in total. The Morgan fingerprint density at radius 2 is 1.91 bits per heavy atom. The predicted octanol–water partition coefficient (Wildman–Crippen LogP) is -2.24. The van der Waals surface area contributed by atoms with Gasteiger partial charge in [-0.25, -0.2) is 23.1 Å². The Bertz CT molecular complexity index is 1300. The van der Waals surface area contributed by atoms with Crippen LogP contribution in [0.1, 0.15) is 0 Å². The van der Waals surface area contributed by atoms with Crippen molar-refractivity contribution in [3.8, 4) is 0 Å². The Balaban J connectivity index is 1.85. The Kier molecular flexibility index (Phi) is 6.97. The average Bonchev–Trinajstić information content (AvgIpc) is 3.19. The minimum atomic E-state index is -5.82. The van der Waals surface area contributed by atoms with Crippen LogP contribution in [0.5, 0.6) is 0 Å². The summed E-state index contributed by atoms with van der Waals surface area (Å²) >= 11 is 0. The van der Waals surface area contributed by atoms with Crippen molar-refractivity contribution >= 4 is 40.6 Å². The van der Waals surface area contributed by atoms with Gasteiger partial charge >= 0.3 is 23.5 Å². The molecule has 2 aromatic rings. The summed E-state index contributed by atoms with van der Waals surface area (Å²) in [5, 5.41) is 10.7. The molecule has 0 amide bonds. The molecule has 10 N–H and O–H groups in total. The molecule has 34 heavy (non-hydrogen) atoms. The number of halogens is 1. The number of phosphoric ester groups is 1. The maximum Gasteiger partial charge on any atom is 0.490 e. The molecule has 0 spiro atoms. The van der Waals surface area contributed by atoms with Crippen molar-refractivity contribution in [2.24, 2.45) is 5.73 Å². The van der Waals surface area contributed by atoms with Gasteiger partial charge in [0.05, 0.1) is 6.61 Å². The van der Waals surface area contributed by atoms with Crippen LogP contribution in [-0.4, -0.2) is 75.7 Å². The third kappa shape index (κ3) is 5.29. The van der Waals surface area contributed by atoms with E-state index in [1.807, 2.05) is 0 Å². The molecule has 3 heterocycles. The Morgan fingerprint density at radius 3 is 2.50 bits per heavy atom. The number of imidazole rings is 1. The molecular weight excluding hydrogens is 536 g/mol. The molecule has 5 atom stereocenters. The standard InChI is InChI=1S/C11H18FN6O13P3/c12-11(18-4-15-5-6(18)16-9(14)17-7(5)19)3-28-10(1-13,8(11)20)2-29-33(24,25)31-34(26,27)30-32(21,22)23/h4,8,20H,1-3,13H2,(H,24,25)(H,26,27)(H2,21,22,23)(H3,14,16,17,19)/t8-,10-,11?/m1/s1. The molecule has 0 radical (unpaired) electrons. The van der Waals surface area contributed by atoms with Gasteiger partial charge in [-0.15, -0.1) is 0 Å². The fourth-order valence-corrected chi connectivity index (χ4v) is 6.13. The maximum atomic E-state index is 15.9. The van der Waals surface area contributed by atoms with E-state index >= 15 is 4.39 Å². The highest BCUT2D eigenvalue weighted by Gasteiger charge is 2.61. The van der Waals surface area contributed by atoms with Crippen LogP contribution < -0.4 is 17.0 Å².